The molecule has 1 saturated carbocycles. The molecule has 2 aromatic rings. The molecule has 3 rings (SSSR count). The predicted octanol–water partition coefficient (Wildman–Crippen LogP) is 6.93. The Bertz CT molecular complexity index is 736. The lowest BCUT2D eigenvalue weighted by molar-refractivity contribution is 0.238. The van der Waals surface area contributed by atoms with Crippen LogP contribution in [0.25, 0.3) is 0 Å². The van der Waals surface area contributed by atoms with Crippen LogP contribution in [0.4, 0.5) is 0 Å². The van der Waals surface area contributed by atoms with Crippen LogP contribution in [-0.4, -0.2) is 23.4 Å². The van der Waals surface area contributed by atoms with Crippen LogP contribution in [0.2, 0.25) is 0 Å². The summed E-state index contributed by atoms with van der Waals surface area (Å²) in [6.07, 6.45) is 7.34. The number of hydrogen-bond acceptors (Lipinski definition) is 2. The molecule has 0 aromatic heterocycles. The molecule has 3 atom stereocenters. The summed E-state index contributed by atoms with van der Waals surface area (Å²) < 4.78 is 0. The van der Waals surface area contributed by atoms with Gasteiger partial charge in [-0.1, -0.05) is 67.4 Å². The van der Waals surface area contributed by atoms with Crippen molar-refractivity contribution >= 4 is 11.6 Å². The molecular weight excluding hydrogens is 376 g/mol. The Morgan fingerprint density at radius 2 is 1.66 bits per heavy atom. The van der Waals surface area contributed by atoms with E-state index in [1.807, 2.05) is 0 Å². The Hall–Kier alpha value is -1.82. The number of aryl methyl sites for hydroxylation is 1. The second-order valence-corrected chi connectivity index (χ2v) is 8.72. The molecule has 0 spiro atoms. The maximum atomic E-state index is 7.32. The summed E-state index contributed by atoms with van der Waals surface area (Å²) in [7, 11) is 2.23. The molecule has 0 N–H and O–H groups in total. The van der Waals surface area contributed by atoms with Crippen molar-refractivity contribution in [2.45, 2.75) is 76.3 Å². The van der Waals surface area contributed by atoms with Crippen molar-refractivity contribution in [1.29, 1.82) is 5.26 Å². The maximum Gasteiger partial charge on any atom is 0.0587 e. The average Bonchev–Trinajstić information content (AvgIpc) is 2.74. The van der Waals surface area contributed by atoms with Crippen LogP contribution in [-0.2, 0) is 13.0 Å². The van der Waals surface area contributed by atoms with Gasteiger partial charge in [0.2, 0.25) is 0 Å². The lowest BCUT2D eigenvalue weighted by Gasteiger charge is -2.27. The Balaban J connectivity index is 0.000000941. The molecule has 0 saturated heterocycles. The van der Waals surface area contributed by atoms with Crippen LogP contribution >= 0.6 is 11.6 Å². The Morgan fingerprint density at radius 1 is 1.03 bits per heavy atom. The zero-order valence-electron chi connectivity index (χ0n) is 18.2. The van der Waals surface area contributed by atoms with Gasteiger partial charge in [-0.15, -0.1) is 11.6 Å². The number of rotatable bonds is 7. The smallest absolute Gasteiger partial charge is 0.0587 e. The van der Waals surface area contributed by atoms with Crippen LogP contribution in [0.5, 0.6) is 0 Å². The van der Waals surface area contributed by atoms with Crippen LogP contribution in [0.1, 0.15) is 68.6 Å². The first-order chi connectivity index (χ1) is 14.0. The number of halogens is 1. The van der Waals surface area contributed by atoms with E-state index in [0.717, 1.165) is 13.0 Å². The third kappa shape index (κ3) is 7.84. The Morgan fingerprint density at radius 3 is 2.28 bits per heavy atom. The van der Waals surface area contributed by atoms with E-state index < -0.39 is 0 Å². The van der Waals surface area contributed by atoms with E-state index in [-0.39, 0.29) is 0 Å². The van der Waals surface area contributed by atoms with Gasteiger partial charge >= 0.3 is 0 Å². The molecule has 0 amide bonds. The minimum absolute atomic E-state index is 0.321. The highest BCUT2D eigenvalue weighted by atomic mass is 35.5. The molecule has 0 heterocycles. The van der Waals surface area contributed by atoms with E-state index in [0.29, 0.717) is 17.3 Å². The van der Waals surface area contributed by atoms with Crippen LogP contribution in [0.15, 0.2) is 54.6 Å². The highest BCUT2D eigenvalue weighted by molar-refractivity contribution is 6.21. The third-order valence-corrected chi connectivity index (χ3v) is 6.49. The third-order valence-electron chi connectivity index (χ3n) is 5.97. The fraction of sp³-hybridized carbons (Fsp3) is 0.500. The number of hydrogen-bond donors (Lipinski definition) is 0. The maximum absolute atomic E-state index is 7.32. The number of benzene rings is 2. The highest BCUT2D eigenvalue weighted by Gasteiger charge is 2.24. The molecule has 0 bridgehead atoms. The van der Waals surface area contributed by atoms with E-state index in [2.05, 4.69) is 73.5 Å². The van der Waals surface area contributed by atoms with Gasteiger partial charge in [-0.05, 0) is 56.3 Å². The lowest BCUT2D eigenvalue weighted by atomic mass is 9.83. The summed E-state index contributed by atoms with van der Waals surface area (Å²) in [4.78, 5) is 2.45. The van der Waals surface area contributed by atoms with Crippen molar-refractivity contribution in [3.05, 3.63) is 71.3 Å². The van der Waals surface area contributed by atoms with Crippen molar-refractivity contribution in [2.75, 3.05) is 7.05 Å². The quantitative estimate of drug-likeness (QED) is 0.462. The van der Waals surface area contributed by atoms with Gasteiger partial charge in [-0.3, -0.25) is 4.90 Å². The summed E-state index contributed by atoms with van der Waals surface area (Å²) in [5.74, 6) is 0.551. The van der Waals surface area contributed by atoms with Gasteiger partial charge in [-0.25, -0.2) is 0 Å². The molecule has 2 aromatic carbocycles. The normalized spacial score (nSPS) is 19.7. The van der Waals surface area contributed by atoms with Crippen molar-refractivity contribution in [1.82, 2.24) is 4.90 Å². The average molecular weight is 411 g/mol. The van der Waals surface area contributed by atoms with E-state index in [1.54, 1.807) is 6.07 Å². The zero-order valence-corrected chi connectivity index (χ0v) is 18.9. The summed E-state index contributed by atoms with van der Waals surface area (Å²) in [6.45, 7) is 4.77. The van der Waals surface area contributed by atoms with Gasteiger partial charge in [0.25, 0.3) is 0 Å². The number of nitrogens with zero attached hydrogens (tertiary/aromatic N) is 2. The molecule has 2 nitrogen and oxygen atoms in total. The van der Waals surface area contributed by atoms with E-state index in [9.17, 15) is 0 Å². The highest BCUT2D eigenvalue weighted by Crippen LogP contribution is 2.36. The fourth-order valence-electron chi connectivity index (χ4n) is 4.02. The second-order valence-electron chi connectivity index (χ2n) is 8.16. The van der Waals surface area contributed by atoms with Gasteiger partial charge in [0.15, 0.2) is 0 Å². The van der Waals surface area contributed by atoms with Crippen LogP contribution < -0.4 is 0 Å². The monoisotopic (exact) mass is 410 g/mol. The molecule has 0 radical (unpaired) electrons. The summed E-state index contributed by atoms with van der Waals surface area (Å²) in [5.41, 5.74) is 4.26. The molecule has 1 aliphatic rings. The Kier molecular flexibility index (Phi) is 10.3. The van der Waals surface area contributed by atoms with Crippen LogP contribution in [0, 0.1) is 11.3 Å². The molecule has 1 fully saturated rings. The molecule has 3 unspecified atom stereocenters. The van der Waals surface area contributed by atoms with E-state index in [1.165, 1.54) is 55.7 Å². The Labute approximate surface area is 182 Å². The summed E-state index contributed by atoms with van der Waals surface area (Å²) >= 11 is 6.56. The molecule has 1 aliphatic carbocycles. The number of alkyl halides is 1. The second kappa shape index (κ2) is 12.7. The van der Waals surface area contributed by atoms with Crippen molar-refractivity contribution in [3.63, 3.8) is 0 Å². The molecule has 29 heavy (non-hydrogen) atoms. The largest absolute Gasteiger partial charge is 0.299 e. The van der Waals surface area contributed by atoms with Gasteiger partial charge in [0, 0.05) is 30.8 Å². The number of nitriles is 1. The summed E-state index contributed by atoms with van der Waals surface area (Å²) in [6, 6.07) is 22.3. The van der Waals surface area contributed by atoms with Gasteiger partial charge < -0.3 is 0 Å². The van der Waals surface area contributed by atoms with E-state index in [4.69, 9.17) is 16.9 Å². The topological polar surface area (TPSA) is 27.0 Å². The SMILES string of the molecule is CC#N.CC(CCc1ccc(C2CCCCC2Cl)cc1)N(C)Cc1ccccc1. The minimum Gasteiger partial charge on any atom is -0.299 e. The first kappa shape index (κ1) is 23.5. The first-order valence-electron chi connectivity index (χ1n) is 10.8. The zero-order chi connectivity index (χ0) is 21.1. The van der Waals surface area contributed by atoms with Crippen LogP contribution in [0.3, 0.4) is 0 Å². The fourth-order valence-corrected chi connectivity index (χ4v) is 4.44. The minimum atomic E-state index is 0.321. The van der Waals surface area contributed by atoms with Gasteiger partial charge in [0.05, 0.1) is 6.07 Å². The van der Waals surface area contributed by atoms with E-state index >= 15 is 0 Å². The molecular formula is C26H35ClN2. The predicted molar refractivity (Wildman–Crippen MR) is 124 cm³/mol. The van der Waals surface area contributed by atoms with Crippen molar-refractivity contribution in [2.24, 2.45) is 0 Å². The standard InChI is InChI=1S/C24H32ClN.C2H3N/c1-19(26(2)18-21-8-4-3-5-9-21)12-13-20-14-16-22(17-15-20)23-10-6-7-11-24(23)25;1-2-3/h3-5,8-9,14-17,19,23-24H,6-7,10-13,18H2,1-2H3;1H3. The first-order valence-corrected chi connectivity index (χ1v) is 11.3. The molecule has 156 valence electrons. The lowest BCUT2D eigenvalue weighted by Crippen LogP contribution is -2.29. The molecule has 0 aliphatic heterocycles. The summed E-state index contributed by atoms with van der Waals surface area (Å²) in [5, 5.41) is 7.64. The van der Waals surface area contributed by atoms with Crippen molar-refractivity contribution < 1.29 is 0 Å². The van der Waals surface area contributed by atoms with Crippen molar-refractivity contribution in [3.8, 4) is 6.07 Å². The van der Waals surface area contributed by atoms with Gasteiger partial charge in [-0.2, -0.15) is 5.26 Å². The van der Waals surface area contributed by atoms with Gasteiger partial charge in [0.1, 0.15) is 0 Å². The molecule has 3 heteroatoms.